The molecule has 22 heavy (non-hydrogen) atoms. The van der Waals surface area contributed by atoms with Crippen molar-refractivity contribution in [3.8, 4) is 0 Å². The summed E-state index contributed by atoms with van der Waals surface area (Å²) in [6, 6.07) is 11.2. The molecule has 1 aliphatic rings. The first kappa shape index (κ1) is 15.0. The Kier molecular flexibility index (Phi) is 4.68. The summed E-state index contributed by atoms with van der Waals surface area (Å²) in [7, 11) is 0. The number of hydrogen-bond acceptors (Lipinski definition) is 4. The molecule has 2 heterocycles. The highest BCUT2D eigenvalue weighted by molar-refractivity contribution is 5.27. The molecule has 0 amide bonds. The number of anilines is 1. The number of nitrogens with one attached hydrogen (secondary N) is 1. The van der Waals surface area contributed by atoms with Gasteiger partial charge in [0.25, 0.3) is 0 Å². The van der Waals surface area contributed by atoms with Gasteiger partial charge in [-0.25, -0.2) is 9.97 Å². The normalized spacial score (nSPS) is 19.1. The zero-order valence-electron chi connectivity index (χ0n) is 13.4. The van der Waals surface area contributed by atoms with Gasteiger partial charge in [-0.1, -0.05) is 29.8 Å². The quantitative estimate of drug-likeness (QED) is 0.941. The molecule has 1 saturated heterocycles. The third kappa shape index (κ3) is 4.04. The van der Waals surface area contributed by atoms with E-state index in [0.717, 1.165) is 24.7 Å². The zero-order chi connectivity index (χ0) is 15.4. The molecular formula is C18H24N4. The maximum atomic E-state index is 4.45. The molecule has 1 aromatic carbocycles. The molecule has 116 valence electrons. The number of hydrogen-bond donors (Lipinski definition) is 1. The van der Waals surface area contributed by atoms with Gasteiger partial charge in [0.1, 0.15) is 0 Å². The lowest BCUT2D eigenvalue weighted by atomic mass is 10.0. The van der Waals surface area contributed by atoms with E-state index in [4.69, 9.17) is 0 Å². The molecule has 0 radical (unpaired) electrons. The first-order chi connectivity index (χ1) is 10.7. The van der Waals surface area contributed by atoms with E-state index in [9.17, 15) is 0 Å². The smallest absolute Gasteiger partial charge is 0.223 e. The third-order valence-corrected chi connectivity index (χ3v) is 4.16. The summed E-state index contributed by atoms with van der Waals surface area (Å²) in [5.74, 6) is 0.752. The molecule has 0 saturated carbocycles. The predicted molar refractivity (Wildman–Crippen MR) is 89.9 cm³/mol. The van der Waals surface area contributed by atoms with Gasteiger partial charge in [0.2, 0.25) is 5.95 Å². The van der Waals surface area contributed by atoms with E-state index < -0.39 is 0 Å². The van der Waals surface area contributed by atoms with Gasteiger partial charge in [0, 0.05) is 31.0 Å². The topological polar surface area (TPSA) is 41.0 Å². The summed E-state index contributed by atoms with van der Waals surface area (Å²) in [6.45, 7) is 7.36. The second kappa shape index (κ2) is 6.88. The number of likely N-dealkylation sites (tertiary alicyclic amines) is 1. The first-order valence-electron chi connectivity index (χ1n) is 8.03. The molecule has 2 aromatic rings. The lowest BCUT2D eigenvalue weighted by Gasteiger charge is -2.33. The zero-order valence-corrected chi connectivity index (χ0v) is 13.4. The van der Waals surface area contributed by atoms with Gasteiger partial charge in [0.05, 0.1) is 0 Å². The van der Waals surface area contributed by atoms with Crippen molar-refractivity contribution >= 4 is 5.95 Å². The fourth-order valence-corrected chi connectivity index (χ4v) is 2.97. The van der Waals surface area contributed by atoms with Crippen molar-refractivity contribution in [3.63, 3.8) is 0 Å². The molecular weight excluding hydrogens is 272 g/mol. The summed E-state index contributed by atoms with van der Waals surface area (Å²) in [5, 5.41) is 3.48. The van der Waals surface area contributed by atoms with Crippen LogP contribution in [-0.2, 0) is 6.54 Å². The second-order valence-corrected chi connectivity index (χ2v) is 6.23. The van der Waals surface area contributed by atoms with Crippen molar-refractivity contribution in [3.05, 3.63) is 53.3 Å². The Bertz CT molecular complexity index is 609. The van der Waals surface area contributed by atoms with E-state index in [1.807, 2.05) is 19.2 Å². The number of aryl methyl sites for hydroxylation is 2. The molecule has 1 aliphatic heterocycles. The summed E-state index contributed by atoms with van der Waals surface area (Å²) >= 11 is 0. The van der Waals surface area contributed by atoms with Gasteiger partial charge < -0.3 is 5.32 Å². The van der Waals surface area contributed by atoms with E-state index in [1.165, 1.54) is 30.5 Å². The van der Waals surface area contributed by atoms with Crippen LogP contribution in [0, 0.1) is 13.8 Å². The lowest BCUT2D eigenvalue weighted by Crippen LogP contribution is -2.41. The molecule has 1 N–H and O–H groups in total. The Hall–Kier alpha value is -1.94. The van der Waals surface area contributed by atoms with Crippen molar-refractivity contribution in [2.75, 3.05) is 18.4 Å². The predicted octanol–water partition coefficient (Wildman–Crippen LogP) is 3.17. The maximum absolute atomic E-state index is 4.45. The van der Waals surface area contributed by atoms with Gasteiger partial charge in [-0.05, 0) is 44.9 Å². The summed E-state index contributed by atoms with van der Waals surface area (Å²) < 4.78 is 0. The minimum Gasteiger partial charge on any atom is -0.350 e. The minimum absolute atomic E-state index is 0.431. The van der Waals surface area contributed by atoms with E-state index in [-0.39, 0.29) is 0 Å². The Morgan fingerprint density at radius 3 is 2.77 bits per heavy atom. The molecule has 0 aliphatic carbocycles. The highest BCUT2D eigenvalue weighted by Crippen LogP contribution is 2.16. The van der Waals surface area contributed by atoms with E-state index in [0.29, 0.717) is 6.04 Å². The fraction of sp³-hybridized carbons (Fsp3) is 0.444. The van der Waals surface area contributed by atoms with Crippen LogP contribution in [0.5, 0.6) is 0 Å². The van der Waals surface area contributed by atoms with Gasteiger partial charge in [0.15, 0.2) is 0 Å². The molecule has 1 unspecified atom stereocenters. The Morgan fingerprint density at radius 1 is 1.18 bits per heavy atom. The average Bonchev–Trinajstić information content (AvgIpc) is 2.50. The SMILES string of the molecule is Cc1ccc(CN2CCCC(Nc3nccc(C)n3)C2)cc1. The number of rotatable bonds is 4. The molecule has 0 spiro atoms. The number of benzene rings is 1. The largest absolute Gasteiger partial charge is 0.350 e. The summed E-state index contributed by atoms with van der Waals surface area (Å²) in [4.78, 5) is 11.3. The molecule has 1 aromatic heterocycles. The van der Waals surface area contributed by atoms with Crippen LogP contribution < -0.4 is 5.32 Å². The average molecular weight is 296 g/mol. The van der Waals surface area contributed by atoms with Crippen molar-refractivity contribution < 1.29 is 0 Å². The van der Waals surface area contributed by atoms with Crippen molar-refractivity contribution in [2.45, 2.75) is 39.3 Å². The summed E-state index contributed by atoms with van der Waals surface area (Å²) in [6.07, 6.45) is 4.22. The van der Waals surface area contributed by atoms with Crippen LogP contribution in [0.1, 0.15) is 29.7 Å². The highest BCUT2D eigenvalue weighted by Gasteiger charge is 2.20. The van der Waals surface area contributed by atoms with Gasteiger partial charge in [-0.15, -0.1) is 0 Å². The van der Waals surface area contributed by atoms with Crippen molar-refractivity contribution in [2.24, 2.45) is 0 Å². The van der Waals surface area contributed by atoms with E-state index in [1.54, 1.807) is 0 Å². The van der Waals surface area contributed by atoms with Crippen LogP contribution in [0.4, 0.5) is 5.95 Å². The number of nitrogens with zero attached hydrogens (tertiary/aromatic N) is 3. The molecule has 3 rings (SSSR count). The van der Waals surface area contributed by atoms with Gasteiger partial charge >= 0.3 is 0 Å². The fourth-order valence-electron chi connectivity index (χ4n) is 2.97. The maximum Gasteiger partial charge on any atom is 0.223 e. The van der Waals surface area contributed by atoms with Gasteiger partial charge in [-0.3, -0.25) is 4.90 Å². The van der Waals surface area contributed by atoms with Crippen molar-refractivity contribution in [1.82, 2.24) is 14.9 Å². The Labute approximate surface area is 132 Å². The molecule has 0 bridgehead atoms. The molecule has 4 nitrogen and oxygen atoms in total. The first-order valence-corrected chi connectivity index (χ1v) is 8.03. The van der Waals surface area contributed by atoms with Crippen LogP contribution in [0.15, 0.2) is 36.5 Å². The Balaban J connectivity index is 1.58. The molecule has 1 fully saturated rings. The monoisotopic (exact) mass is 296 g/mol. The second-order valence-electron chi connectivity index (χ2n) is 6.23. The molecule has 4 heteroatoms. The van der Waals surface area contributed by atoms with E-state index >= 15 is 0 Å². The van der Waals surface area contributed by atoms with Crippen molar-refractivity contribution in [1.29, 1.82) is 0 Å². The molecule has 1 atom stereocenters. The number of aromatic nitrogens is 2. The lowest BCUT2D eigenvalue weighted by molar-refractivity contribution is 0.208. The third-order valence-electron chi connectivity index (χ3n) is 4.16. The highest BCUT2D eigenvalue weighted by atomic mass is 15.2. The summed E-state index contributed by atoms with van der Waals surface area (Å²) in [5.41, 5.74) is 3.71. The minimum atomic E-state index is 0.431. The van der Waals surface area contributed by atoms with Crippen LogP contribution in [0.2, 0.25) is 0 Å². The van der Waals surface area contributed by atoms with E-state index in [2.05, 4.69) is 51.4 Å². The van der Waals surface area contributed by atoms with Crippen LogP contribution in [0.3, 0.4) is 0 Å². The van der Waals surface area contributed by atoms with Crippen LogP contribution in [0.25, 0.3) is 0 Å². The van der Waals surface area contributed by atoms with Gasteiger partial charge in [-0.2, -0.15) is 0 Å². The van der Waals surface area contributed by atoms with Crippen LogP contribution in [-0.4, -0.2) is 34.0 Å². The Morgan fingerprint density at radius 2 is 2.00 bits per heavy atom. The standard InChI is InChI=1S/C18H24N4/c1-14-5-7-16(8-6-14)12-22-11-3-4-17(13-22)21-18-19-10-9-15(2)20-18/h5-10,17H,3-4,11-13H2,1-2H3,(H,19,20,21). The van der Waals surface area contributed by atoms with Crippen LogP contribution >= 0.6 is 0 Å². The number of piperidine rings is 1.